The molecule has 7 heteroatoms. The summed E-state index contributed by atoms with van der Waals surface area (Å²) in [6.45, 7) is 4.78. The van der Waals surface area contributed by atoms with Crippen molar-refractivity contribution >= 4 is 28.4 Å². The highest BCUT2D eigenvalue weighted by Crippen LogP contribution is 2.38. The molecule has 3 fully saturated rings. The number of anilines is 1. The van der Waals surface area contributed by atoms with E-state index in [0.717, 1.165) is 64.9 Å². The number of pyridine rings is 1. The molecule has 232 valence electrons. The normalized spacial score (nSPS) is 19.5. The van der Waals surface area contributed by atoms with Gasteiger partial charge in [-0.1, -0.05) is 86.0 Å². The van der Waals surface area contributed by atoms with E-state index in [0.29, 0.717) is 19.1 Å². The SMILES string of the molecule is C[C@H](NC(=O)c1c(CN2CCC3(CC2)C(=O)NCN3c2ccccc2)c(-c2ccccc2)nc2ccccc12)C1CCCCC1. The van der Waals surface area contributed by atoms with Crippen molar-refractivity contribution < 1.29 is 9.59 Å². The lowest BCUT2D eigenvalue weighted by atomic mass is 9.84. The zero-order chi connectivity index (χ0) is 30.8. The number of hydrogen-bond donors (Lipinski definition) is 2. The van der Waals surface area contributed by atoms with Gasteiger partial charge in [0, 0.05) is 47.9 Å². The standard InChI is InChI=1S/C38H43N5O2/c1-27(28-13-5-2-6-14-28)40-36(44)34-31-19-11-12-20-33(31)41-35(29-15-7-3-8-16-29)32(34)25-42-23-21-38(22-24-42)37(45)39-26-43(38)30-17-9-4-10-18-30/h3-4,7-12,15-20,27-28H,2,5-6,13-14,21-26H2,1H3,(H,39,45)(H,40,44)/t27-/m0/s1. The molecule has 0 bridgehead atoms. The fourth-order valence-corrected chi connectivity index (χ4v) is 7.87. The van der Waals surface area contributed by atoms with Gasteiger partial charge in [-0.3, -0.25) is 14.5 Å². The first-order valence-electron chi connectivity index (χ1n) is 16.6. The molecule has 4 aromatic rings. The summed E-state index contributed by atoms with van der Waals surface area (Å²) in [6.07, 6.45) is 7.54. The molecule has 3 aromatic carbocycles. The van der Waals surface area contributed by atoms with Gasteiger partial charge in [0.05, 0.1) is 23.4 Å². The van der Waals surface area contributed by atoms with E-state index >= 15 is 0 Å². The van der Waals surface area contributed by atoms with E-state index in [1.165, 1.54) is 32.1 Å². The summed E-state index contributed by atoms with van der Waals surface area (Å²) < 4.78 is 0. The van der Waals surface area contributed by atoms with Gasteiger partial charge in [-0.2, -0.15) is 0 Å². The monoisotopic (exact) mass is 601 g/mol. The average Bonchev–Trinajstić information content (AvgIpc) is 3.40. The van der Waals surface area contributed by atoms with Crippen molar-refractivity contribution in [2.24, 2.45) is 5.92 Å². The second kappa shape index (κ2) is 12.6. The van der Waals surface area contributed by atoms with E-state index in [4.69, 9.17) is 4.98 Å². The molecule has 2 N–H and O–H groups in total. The Labute approximate surface area is 266 Å². The Morgan fingerprint density at radius 2 is 1.60 bits per heavy atom. The number of amides is 2. The Balaban J connectivity index is 1.23. The summed E-state index contributed by atoms with van der Waals surface area (Å²) in [5.74, 6) is 0.606. The zero-order valence-corrected chi connectivity index (χ0v) is 26.2. The summed E-state index contributed by atoms with van der Waals surface area (Å²) >= 11 is 0. The van der Waals surface area contributed by atoms with Gasteiger partial charge < -0.3 is 15.5 Å². The quantitative estimate of drug-likeness (QED) is 0.252. The number of rotatable bonds is 7. The molecule has 0 unspecified atom stereocenters. The van der Waals surface area contributed by atoms with Crippen LogP contribution >= 0.6 is 0 Å². The van der Waals surface area contributed by atoms with Crippen LogP contribution in [0.25, 0.3) is 22.2 Å². The van der Waals surface area contributed by atoms with Gasteiger partial charge in [0.2, 0.25) is 5.91 Å². The van der Waals surface area contributed by atoms with Crippen molar-refractivity contribution in [1.29, 1.82) is 0 Å². The maximum absolute atomic E-state index is 14.4. The van der Waals surface area contributed by atoms with Gasteiger partial charge in [0.15, 0.2) is 0 Å². The molecule has 2 saturated heterocycles. The third kappa shape index (κ3) is 5.70. The van der Waals surface area contributed by atoms with Gasteiger partial charge >= 0.3 is 0 Å². The first-order valence-corrected chi connectivity index (χ1v) is 16.6. The Kier molecular flexibility index (Phi) is 8.28. The number of nitrogens with zero attached hydrogens (tertiary/aromatic N) is 3. The molecular weight excluding hydrogens is 558 g/mol. The minimum absolute atomic E-state index is 0.0160. The average molecular weight is 602 g/mol. The fraction of sp³-hybridized carbons (Fsp3) is 0.395. The third-order valence-corrected chi connectivity index (χ3v) is 10.5. The van der Waals surface area contributed by atoms with Crippen molar-refractivity contribution in [2.45, 2.75) is 70.0 Å². The molecule has 2 aliphatic heterocycles. The van der Waals surface area contributed by atoms with Crippen LogP contribution in [-0.4, -0.2) is 53.0 Å². The van der Waals surface area contributed by atoms with Crippen LogP contribution in [0.15, 0.2) is 84.9 Å². The zero-order valence-electron chi connectivity index (χ0n) is 26.2. The minimum Gasteiger partial charge on any atom is -0.349 e. The number of likely N-dealkylation sites (tertiary alicyclic amines) is 1. The minimum atomic E-state index is -0.558. The molecule has 3 aliphatic rings. The summed E-state index contributed by atoms with van der Waals surface area (Å²) in [5, 5.41) is 7.45. The summed E-state index contributed by atoms with van der Waals surface area (Å²) in [4.78, 5) is 37.5. The van der Waals surface area contributed by atoms with E-state index < -0.39 is 5.54 Å². The maximum atomic E-state index is 14.4. The third-order valence-electron chi connectivity index (χ3n) is 10.5. The smallest absolute Gasteiger partial charge is 0.252 e. The number of para-hydroxylation sites is 2. The van der Waals surface area contributed by atoms with Crippen molar-refractivity contribution in [2.75, 3.05) is 24.7 Å². The highest BCUT2D eigenvalue weighted by molar-refractivity contribution is 6.09. The Hall–Kier alpha value is -4.23. The molecule has 7 rings (SSSR count). The van der Waals surface area contributed by atoms with Crippen LogP contribution in [0, 0.1) is 5.92 Å². The summed E-state index contributed by atoms with van der Waals surface area (Å²) in [5.41, 5.74) is 4.89. The molecule has 2 amide bonds. The molecule has 0 radical (unpaired) electrons. The van der Waals surface area contributed by atoms with Crippen LogP contribution in [0.3, 0.4) is 0 Å². The van der Waals surface area contributed by atoms with E-state index in [9.17, 15) is 9.59 Å². The largest absolute Gasteiger partial charge is 0.349 e. The number of nitrogens with one attached hydrogen (secondary N) is 2. The lowest BCUT2D eigenvalue weighted by Crippen LogP contribution is -2.56. The summed E-state index contributed by atoms with van der Waals surface area (Å²) in [6, 6.07) is 28.6. The van der Waals surface area contributed by atoms with Crippen LogP contribution in [0.4, 0.5) is 5.69 Å². The van der Waals surface area contributed by atoms with Gasteiger partial charge in [-0.05, 0) is 56.7 Å². The van der Waals surface area contributed by atoms with Crippen molar-refractivity contribution in [3.05, 3.63) is 96.1 Å². The number of benzene rings is 3. The second-order valence-corrected chi connectivity index (χ2v) is 13.1. The maximum Gasteiger partial charge on any atom is 0.252 e. The van der Waals surface area contributed by atoms with Gasteiger partial charge in [-0.15, -0.1) is 0 Å². The molecular formula is C38H43N5O2. The van der Waals surface area contributed by atoms with Gasteiger partial charge in [-0.25, -0.2) is 4.98 Å². The first-order chi connectivity index (χ1) is 22.0. The van der Waals surface area contributed by atoms with Crippen molar-refractivity contribution in [3.63, 3.8) is 0 Å². The predicted octanol–water partition coefficient (Wildman–Crippen LogP) is 6.53. The van der Waals surface area contributed by atoms with Gasteiger partial charge in [0.25, 0.3) is 5.91 Å². The van der Waals surface area contributed by atoms with Crippen LogP contribution in [0.1, 0.15) is 67.8 Å². The number of fused-ring (bicyclic) bond motifs is 1. The number of carbonyl (C=O) groups is 2. The molecule has 45 heavy (non-hydrogen) atoms. The van der Waals surface area contributed by atoms with E-state index in [1.807, 2.05) is 60.7 Å². The fourth-order valence-electron chi connectivity index (χ4n) is 7.87. The molecule has 1 atom stereocenters. The van der Waals surface area contributed by atoms with Crippen LogP contribution in [-0.2, 0) is 11.3 Å². The highest BCUT2D eigenvalue weighted by Gasteiger charge is 2.50. The lowest BCUT2D eigenvalue weighted by molar-refractivity contribution is -0.125. The predicted molar refractivity (Wildman–Crippen MR) is 180 cm³/mol. The van der Waals surface area contributed by atoms with Crippen LogP contribution < -0.4 is 15.5 Å². The van der Waals surface area contributed by atoms with E-state index in [-0.39, 0.29) is 17.9 Å². The van der Waals surface area contributed by atoms with Crippen LogP contribution in [0.5, 0.6) is 0 Å². The van der Waals surface area contributed by atoms with Crippen molar-refractivity contribution in [1.82, 2.24) is 20.5 Å². The number of hydrogen-bond acceptors (Lipinski definition) is 5. The van der Waals surface area contributed by atoms with E-state index in [1.54, 1.807) is 0 Å². The van der Waals surface area contributed by atoms with E-state index in [2.05, 4.69) is 51.6 Å². The topological polar surface area (TPSA) is 77.6 Å². The second-order valence-electron chi connectivity index (χ2n) is 13.1. The Morgan fingerprint density at radius 3 is 2.33 bits per heavy atom. The number of piperidine rings is 1. The number of aromatic nitrogens is 1. The van der Waals surface area contributed by atoms with Gasteiger partial charge in [0.1, 0.15) is 5.54 Å². The molecule has 7 nitrogen and oxygen atoms in total. The molecule has 1 saturated carbocycles. The molecule has 3 heterocycles. The first kappa shape index (κ1) is 29.5. The molecule has 1 spiro atoms. The Bertz CT molecular complexity index is 1660. The number of carbonyl (C=O) groups excluding carboxylic acids is 2. The molecule has 1 aliphatic carbocycles. The lowest BCUT2D eigenvalue weighted by Gasteiger charge is -2.43. The van der Waals surface area contributed by atoms with Crippen LogP contribution in [0.2, 0.25) is 0 Å². The summed E-state index contributed by atoms with van der Waals surface area (Å²) in [7, 11) is 0. The highest BCUT2D eigenvalue weighted by atomic mass is 16.2. The molecule has 1 aromatic heterocycles. The Morgan fingerprint density at radius 1 is 0.933 bits per heavy atom. The van der Waals surface area contributed by atoms with Crippen molar-refractivity contribution in [3.8, 4) is 11.3 Å².